The first-order chi connectivity index (χ1) is 9.02. The van der Waals surface area contributed by atoms with E-state index in [-0.39, 0.29) is 0 Å². The first-order valence-electron chi connectivity index (χ1n) is 7.08. The van der Waals surface area contributed by atoms with Crippen LogP contribution in [0.2, 0.25) is 0 Å². The first kappa shape index (κ1) is 12.7. The highest BCUT2D eigenvalue weighted by Gasteiger charge is 2.59. The highest BCUT2D eigenvalue weighted by Crippen LogP contribution is 2.69. The molecule has 2 aliphatic carbocycles. The van der Waals surface area contributed by atoms with E-state index in [1.807, 2.05) is 12.1 Å². The third kappa shape index (κ3) is 2.27. The number of carboxylic acid groups (broad SMARTS) is 1. The van der Waals surface area contributed by atoms with E-state index in [9.17, 15) is 4.79 Å². The van der Waals surface area contributed by atoms with E-state index < -0.39 is 12.0 Å². The molecular weight excluding hydrogens is 238 g/mol. The largest absolute Gasteiger partial charge is 0.480 e. The third-order valence-corrected chi connectivity index (χ3v) is 4.98. The van der Waals surface area contributed by atoms with Gasteiger partial charge in [0.1, 0.15) is 6.04 Å². The second kappa shape index (κ2) is 4.34. The normalized spacial score (nSPS) is 30.9. The summed E-state index contributed by atoms with van der Waals surface area (Å²) in [5.74, 6) is 0.575. The van der Waals surface area contributed by atoms with Crippen LogP contribution >= 0.6 is 0 Å². The average molecular weight is 259 g/mol. The maximum atomic E-state index is 10.9. The predicted octanol–water partition coefficient (Wildman–Crippen LogP) is 2.54. The molecule has 1 aromatic carbocycles. The van der Waals surface area contributed by atoms with Crippen LogP contribution in [0.4, 0.5) is 0 Å². The van der Waals surface area contributed by atoms with E-state index in [1.165, 1.54) is 24.8 Å². The van der Waals surface area contributed by atoms with Gasteiger partial charge in [-0.25, -0.2) is 0 Å². The van der Waals surface area contributed by atoms with Gasteiger partial charge >= 0.3 is 5.97 Å². The number of hydrogen-bond acceptors (Lipinski definition) is 2. The van der Waals surface area contributed by atoms with E-state index in [0.717, 1.165) is 11.5 Å². The first-order valence-corrected chi connectivity index (χ1v) is 7.08. The van der Waals surface area contributed by atoms with Gasteiger partial charge in [-0.15, -0.1) is 0 Å². The molecule has 2 fully saturated rings. The molecule has 3 N–H and O–H groups in total. The standard InChI is InChI=1S/C16H21NO2/c1-16(11-6-7-11)9-13(16)12-5-3-2-4-10(12)8-14(17)15(18)19/h2-5,11,13-14H,6-9,17H2,1H3,(H,18,19)/t13-,14-,16?/m0/s1. The van der Waals surface area contributed by atoms with Gasteiger partial charge in [0.05, 0.1) is 0 Å². The maximum absolute atomic E-state index is 10.9. The molecule has 0 aliphatic heterocycles. The molecule has 3 nitrogen and oxygen atoms in total. The van der Waals surface area contributed by atoms with E-state index >= 15 is 0 Å². The van der Waals surface area contributed by atoms with Crippen LogP contribution in [0.3, 0.4) is 0 Å². The molecule has 3 rings (SSSR count). The Morgan fingerprint density at radius 1 is 1.47 bits per heavy atom. The number of rotatable bonds is 5. The Morgan fingerprint density at radius 3 is 2.79 bits per heavy atom. The summed E-state index contributed by atoms with van der Waals surface area (Å²) in [4.78, 5) is 10.9. The summed E-state index contributed by atoms with van der Waals surface area (Å²) in [5.41, 5.74) is 8.58. The molecule has 0 saturated heterocycles. The summed E-state index contributed by atoms with van der Waals surface area (Å²) in [6.45, 7) is 2.38. The lowest BCUT2D eigenvalue weighted by atomic mass is 9.91. The highest BCUT2D eigenvalue weighted by atomic mass is 16.4. The molecule has 1 unspecified atom stereocenters. The van der Waals surface area contributed by atoms with E-state index in [4.69, 9.17) is 10.8 Å². The predicted molar refractivity (Wildman–Crippen MR) is 73.9 cm³/mol. The van der Waals surface area contributed by atoms with Crippen LogP contribution in [-0.4, -0.2) is 17.1 Å². The van der Waals surface area contributed by atoms with Gasteiger partial charge in [0, 0.05) is 0 Å². The topological polar surface area (TPSA) is 63.3 Å². The van der Waals surface area contributed by atoms with Gasteiger partial charge in [-0.05, 0) is 54.1 Å². The smallest absolute Gasteiger partial charge is 0.320 e. The van der Waals surface area contributed by atoms with Crippen molar-refractivity contribution in [2.45, 2.75) is 44.6 Å². The molecule has 0 spiro atoms. The number of aliphatic carboxylic acids is 1. The van der Waals surface area contributed by atoms with Crippen molar-refractivity contribution in [2.24, 2.45) is 17.1 Å². The maximum Gasteiger partial charge on any atom is 0.320 e. The summed E-state index contributed by atoms with van der Waals surface area (Å²) in [6, 6.07) is 7.42. The lowest BCUT2D eigenvalue weighted by Crippen LogP contribution is -2.32. The number of carboxylic acids is 1. The molecule has 1 aromatic rings. The van der Waals surface area contributed by atoms with Gasteiger partial charge in [0.15, 0.2) is 0 Å². The fraction of sp³-hybridized carbons (Fsp3) is 0.562. The molecule has 2 saturated carbocycles. The summed E-state index contributed by atoms with van der Waals surface area (Å²) in [7, 11) is 0. The van der Waals surface area contributed by atoms with Crippen molar-refractivity contribution in [1.29, 1.82) is 0 Å². The minimum absolute atomic E-state index is 0.433. The van der Waals surface area contributed by atoms with Crippen LogP contribution < -0.4 is 5.73 Å². The van der Waals surface area contributed by atoms with Crippen molar-refractivity contribution in [1.82, 2.24) is 0 Å². The molecule has 3 heteroatoms. The molecular formula is C16H21NO2. The summed E-state index contributed by atoms with van der Waals surface area (Å²) in [5, 5.41) is 8.96. The zero-order valence-electron chi connectivity index (χ0n) is 11.3. The molecule has 0 heterocycles. The number of hydrogen-bond donors (Lipinski definition) is 2. The molecule has 0 amide bonds. The molecule has 3 atom stereocenters. The van der Waals surface area contributed by atoms with Crippen LogP contribution in [0.25, 0.3) is 0 Å². The Hall–Kier alpha value is -1.35. The average Bonchev–Trinajstić information content (AvgIpc) is 3.24. The van der Waals surface area contributed by atoms with Gasteiger partial charge in [0.2, 0.25) is 0 Å². The van der Waals surface area contributed by atoms with Gasteiger partial charge in [0.25, 0.3) is 0 Å². The molecule has 0 aromatic heterocycles. The van der Waals surface area contributed by atoms with Crippen LogP contribution in [-0.2, 0) is 11.2 Å². The van der Waals surface area contributed by atoms with Gasteiger partial charge in [-0.3, -0.25) is 4.79 Å². The number of benzene rings is 1. The second-order valence-electron chi connectivity index (χ2n) is 6.38. The number of nitrogens with two attached hydrogens (primary N) is 1. The zero-order valence-corrected chi connectivity index (χ0v) is 11.3. The number of carbonyl (C=O) groups is 1. The highest BCUT2D eigenvalue weighted by molar-refractivity contribution is 5.73. The van der Waals surface area contributed by atoms with E-state index in [0.29, 0.717) is 17.8 Å². The van der Waals surface area contributed by atoms with Gasteiger partial charge < -0.3 is 10.8 Å². The Bertz CT molecular complexity index is 509. The summed E-state index contributed by atoms with van der Waals surface area (Å²) in [6.07, 6.45) is 4.41. The molecule has 19 heavy (non-hydrogen) atoms. The van der Waals surface area contributed by atoms with Crippen LogP contribution in [0.15, 0.2) is 24.3 Å². The molecule has 0 radical (unpaired) electrons. The Kier molecular flexibility index (Phi) is 2.90. The molecule has 102 valence electrons. The van der Waals surface area contributed by atoms with Gasteiger partial charge in [-0.1, -0.05) is 31.2 Å². The minimum Gasteiger partial charge on any atom is -0.480 e. The van der Waals surface area contributed by atoms with Crippen LogP contribution in [0, 0.1) is 11.3 Å². The van der Waals surface area contributed by atoms with E-state index in [1.54, 1.807) is 0 Å². The molecule has 0 bridgehead atoms. The SMILES string of the molecule is CC1(C2CC2)C[C@H]1c1ccccc1C[C@H](N)C(=O)O. The third-order valence-electron chi connectivity index (χ3n) is 4.98. The van der Waals surface area contributed by atoms with Crippen molar-refractivity contribution in [2.75, 3.05) is 0 Å². The monoisotopic (exact) mass is 259 g/mol. The zero-order chi connectivity index (χ0) is 13.6. The Morgan fingerprint density at radius 2 is 2.16 bits per heavy atom. The van der Waals surface area contributed by atoms with Crippen molar-refractivity contribution >= 4 is 5.97 Å². The Balaban J connectivity index is 1.80. The van der Waals surface area contributed by atoms with Crippen LogP contribution in [0.5, 0.6) is 0 Å². The van der Waals surface area contributed by atoms with Crippen molar-refractivity contribution in [3.8, 4) is 0 Å². The lowest BCUT2D eigenvalue weighted by Gasteiger charge is -2.15. The van der Waals surface area contributed by atoms with Crippen molar-refractivity contribution in [3.05, 3.63) is 35.4 Å². The summed E-state index contributed by atoms with van der Waals surface area (Å²) >= 11 is 0. The molecule has 2 aliphatic rings. The second-order valence-corrected chi connectivity index (χ2v) is 6.38. The quantitative estimate of drug-likeness (QED) is 0.854. The van der Waals surface area contributed by atoms with E-state index in [2.05, 4.69) is 19.1 Å². The van der Waals surface area contributed by atoms with Crippen molar-refractivity contribution in [3.63, 3.8) is 0 Å². The fourth-order valence-corrected chi connectivity index (χ4v) is 3.42. The lowest BCUT2D eigenvalue weighted by molar-refractivity contribution is -0.138. The fourth-order valence-electron chi connectivity index (χ4n) is 3.42. The van der Waals surface area contributed by atoms with Gasteiger partial charge in [-0.2, -0.15) is 0 Å². The van der Waals surface area contributed by atoms with Crippen LogP contribution in [0.1, 0.15) is 43.2 Å². The Labute approximate surface area is 113 Å². The van der Waals surface area contributed by atoms with Crippen molar-refractivity contribution < 1.29 is 9.90 Å². The summed E-state index contributed by atoms with van der Waals surface area (Å²) < 4.78 is 0. The minimum atomic E-state index is -0.921.